The van der Waals surface area contributed by atoms with Gasteiger partial charge < -0.3 is 9.67 Å². The van der Waals surface area contributed by atoms with E-state index in [2.05, 4.69) is 4.98 Å². The largest absolute Gasteiger partial charge is 0.372 e. The third kappa shape index (κ3) is 1.15. The van der Waals surface area contributed by atoms with E-state index in [1.165, 1.54) is 0 Å². The summed E-state index contributed by atoms with van der Waals surface area (Å²) in [5.41, 5.74) is 0.471. The lowest BCUT2D eigenvalue weighted by atomic mass is 10.3. The number of imidazole rings is 1. The van der Waals surface area contributed by atoms with Gasteiger partial charge in [-0.1, -0.05) is 11.6 Å². The molecular weight excluding hydrogens is 152 g/mol. The van der Waals surface area contributed by atoms with Gasteiger partial charge in [0.25, 0.3) is 0 Å². The number of rotatable bonds is 1. The van der Waals surface area contributed by atoms with Crippen molar-refractivity contribution in [1.82, 2.24) is 9.55 Å². The Kier molecular flexibility index (Phi) is 1.97. The first-order valence-electron chi connectivity index (χ1n) is 2.93. The normalized spacial score (nSPS) is 13.6. The SMILES string of the molecule is Cc1ncn(C)c1C(O)Cl. The zero-order chi connectivity index (χ0) is 7.72. The van der Waals surface area contributed by atoms with Gasteiger partial charge in [-0.3, -0.25) is 0 Å². The minimum absolute atomic E-state index is 0.654. The van der Waals surface area contributed by atoms with Gasteiger partial charge in [-0.15, -0.1) is 0 Å². The molecule has 1 atom stereocenters. The number of aromatic nitrogens is 2. The van der Waals surface area contributed by atoms with Gasteiger partial charge >= 0.3 is 0 Å². The number of hydrogen-bond donors (Lipinski definition) is 1. The molecule has 1 rings (SSSR count). The number of aliphatic hydroxyl groups is 1. The minimum Gasteiger partial charge on any atom is -0.372 e. The van der Waals surface area contributed by atoms with Crippen molar-refractivity contribution in [2.45, 2.75) is 12.5 Å². The summed E-state index contributed by atoms with van der Waals surface area (Å²) >= 11 is 5.45. The Balaban J connectivity index is 3.10. The Bertz CT molecular complexity index is 212. The van der Waals surface area contributed by atoms with Gasteiger partial charge in [0, 0.05) is 7.05 Å². The Hall–Kier alpha value is -0.540. The third-order valence-corrected chi connectivity index (χ3v) is 1.61. The fourth-order valence-corrected chi connectivity index (χ4v) is 1.21. The molecule has 0 aliphatic heterocycles. The van der Waals surface area contributed by atoms with E-state index in [0.29, 0.717) is 5.69 Å². The molecule has 0 spiro atoms. The van der Waals surface area contributed by atoms with Crippen LogP contribution < -0.4 is 0 Å². The maximum absolute atomic E-state index is 8.98. The quantitative estimate of drug-likeness (QED) is 0.622. The molecule has 1 aromatic heterocycles. The second-order valence-corrected chi connectivity index (χ2v) is 2.58. The number of alkyl halides is 1. The zero-order valence-corrected chi connectivity index (χ0v) is 6.63. The minimum atomic E-state index is -0.951. The van der Waals surface area contributed by atoms with Crippen LogP contribution in [0, 0.1) is 6.92 Å². The summed E-state index contributed by atoms with van der Waals surface area (Å²) in [6.45, 7) is 1.81. The molecule has 0 aliphatic carbocycles. The van der Waals surface area contributed by atoms with Crippen LogP contribution in [0.4, 0.5) is 0 Å². The fourth-order valence-electron chi connectivity index (χ4n) is 0.897. The number of aryl methyl sites for hydroxylation is 2. The molecule has 3 nitrogen and oxygen atoms in total. The van der Waals surface area contributed by atoms with E-state index in [-0.39, 0.29) is 0 Å². The summed E-state index contributed by atoms with van der Waals surface area (Å²) in [6, 6.07) is 0. The summed E-state index contributed by atoms with van der Waals surface area (Å²) in [6.07, 6.45) is 1.62. The van der Waals surface area contributed by atoms with Crippen molar-refractivity contribution < 1.29 is 5.11 Å². The molecule has 1 unspecified atom stereocenters. The lowest BCUT2D eigenvalue weighted by Crippen LogP contribution is -1.98. The summed E-state index contributed by atoms with van der Waals surface area (Å²) in [4.78, 5) is 3.96. The Morgan fingerprint density at radius 2 is 2.40 bits per heavy atom. The fraction of sp³-hybridized carbons (Fsp3) is 0.500. The highest BCUT2D eigenvalue weighted by Gasteiger charge is 2.10. The van der Waals surface area contributed by atoms with E-state index >= 15 is 0 Å². The molecule has 0 radical (unpaired) electrons. The summed E-state index contributed by atoms with van der Waals surface area (Å²) < 4.78 is 1.70. The van der Waals surface area contributed by atoms with Crippen LogP contribution in [0.5, 0.6) is 0 Å². The number of halogens is 1. The molecule has 1 N–H and O–H groups in total. The smallest absolute Gasteiger partial charge is 0.170 e. The molecule has 1 aromatic rings. The molecule has 4 heteroatoms. The monoisotopic (exact) mass is 160 g/mol. The Labute approximate surface area is 64.3 Å². The second kappa shape index (κ2) is 2.60. The van der Waals surface area contributed by atoms with Crippen molar-refractivity contribution in [3.63, 3.8) is 0 Å². The second-order valence-electron chi connectivity index (χ2n) is 2.16. The van der Waals surface area contributed by atoms with E-state index in [4.69, 9.17) is 16.7 Å². The van der Waals surface area contributed by atoms with Crippen molar-refractivity contribution in [1.29, 1.82) is 0 Å². The van der Waals surface area contributed by atoms with Crippen LogP contribution in [0.25, 0.3) is 0 Å². The van der Waals surface area contributed by atoms with Crippen LogP contribution in [-0.2, 0) is 7.05 Å². The first-order valence-corrected chi connectivity index (χ1v) is 3.36. The van der Waals surface area contributed by atoms with Gasteiger partial charge in [0.05, 0.1) is 17.7 Å². The van der Waals surface area contributed by atoms with Crippen LogP contribution in [0.2, 0.25) is 0 Å². The van der Waals surface area contributed by atoms with Gasteiger partial charge in [0.2, 0.25) is 0 Å². The predicted octanol–water partition coefficient (Wildman–Crippen LogP) is 0.958. The van der Waals surface area contributed by atoms with Crippen LogP contribution in [0.3, 0.4) is 0 Å². The standard InChI is InChI=1S/C6H9ClN2O/c1-4-5(6(7)10)9(2)3-8-4/h3,6,10H,1-2H3. The average Bonchev–Trinajstić information content (AvgIpc) is 2.11. The van der Waals surface area contributed by atoms with Crippen LogP contribution in [-0.4, -0.2) is 14.7 Å². The van der Waals surface area contributed by atoms with Gasteiger partial charge in [-0.05, 0) is 6.92 Å². The molecule has 0 saturated heterocycles. The predicted molar refractivity (Wildman–Crippen MR) is 38.8 cm³/mol. The highest BCUT2D eigenvalue weighted by Crippen LogP contribution is 2.18. The maximum atomic E-state index is 8.98. The van der Waals surface area contributed by atoms with Crippen LogP contribution >= 0.6 is 11.6 Å². The third-order valence-electron chi connectivity index (χ3n) is 1.40. The number of aliphatic hydroxyl groups excluding tert-OH is 1. The van der Waals surface area contributed by atoms with Crippen LogP contribution in [0.1, 0.15) is 17.0 Å². The molecule has 1 heterocycles. The first kappa shape index (κ1) is 7.57. The van der Waals surface area contributed by atoms with Gasteiger partial charge in [-0.2, -0.15) is 0 Å². The average molecular weight is 161 g/mol. The van der Waals surface area contributed by atoms with Gasteiger partial charge in [0.15, 0.2) is 5.56 Å². The highest BCUT2D eigenvalue weighted by atomic mass is 35.5. The van der Waals surface area contributed by atoms with Crippen LogP contribution in [0.15, 0.2) is 6.33 Å². The van der Waals surface area contributed by atoms with Gasteiger partial charge in [-0.25, -0.2) is 4.98 Å². The van der Waals surface area contributed by atoms with Crippen molar-refractivity contribution in [2.75, 3.05) is 0 Å². The van der Waals surface area contributed by atoms with Crippen molar-refractivity contribution in [2.24, 2.45) is 7.05 Å². The van der Waals surface area contributed by atoms with E-state index in [9.17, 15) is 0 Å². The molecule has 10 heavy (non-hydrogen) atoms. The topological polar surface area (TPSA) is 38.0 Å². The zero-order valence-electron chi connectivity index (χ0n) is 5.87. The summed E-state index contributed by atoms with van der Waals surface area (Å²) in [5.74, 6) is 0. The Morgan fingerprint density at radius 1 is 1.80 bits per heavy atom. The lowest BCUT2D eigenvalue weighted by molar-refractivity contribution is 0.253. The lowest BCUT2D eigenvalue weighted by Gasteiger charge is -2.03. The molecule has 0 fully saturated rings. The molecule has 0 bridgehead atoms. The molecular formula is C6H9ClN2O. The first-order chi connectivity index (χ1) is 4.63. The summed E-state index contributed by atoms with van der Waals surface area (Å²) in [5, 5.41) is 8.98. The molecule has 0 saturated carbocycles. The maximum Gasteiger partial charge on any atom is 0.170 e. The van der Waals surface area contributed by atoms with E-state index in [0.717, 1.165) is 5.69 Å². The highest BCUT2D eigenvalue weighted by molar-refractivity contribution is 6.19. The van der Waals surface area contributed by atoms with Crippen molar-refractivity contribution in [3.8, 4) is 0 Å². The molecule has 0 aromatic carbocycles. The van der Waals surface area contributed by atoms with Crippen molar-refractivity contribution in [3.05, 3.63) is 17.7 Å². The molecule has 56 valence electrons. The Morgan fingerprint density at radius 3 is 2.60 bits per heavy atom. The van der Waals surface area contributed by atoms with Gasteiger partial charge in [0.1, 0.15) is 0 Å². The number of hydrogen-bond acceptors (Lipinski definition) is 2. The van der Waals surface area contributed by atoms with E-state index < -0.39 is 5.56 Å². The van der Waals surface area contributed by atoms with E-state index in [1.807, 2.05) is 0 Å². The molecule has 0 amide bonds. The van der Waals surface area contributed by atoms with Crippen molar-refractivity contribution >= 4 is 11.6 Å². The van der Waals surface area contributed by atoms with E-state index in [1.54, 1.807) is 24.9 Å². The summed E-state index contributed by atoms with van der Waals surface area (Å²) in [7, 11) is 1.79. The number of nitrogens with zero attached hydrogens (tertiary/aromatic N) is 2. The molecule has 0 aliphatic rings.